The smallest absolute Gasteiger partial charge is 0.274 e. The van der Waals surface area contributed by atoms with E-state index in [-0.39, 0.29) is 5.56 Å². The van der Waals surface area contributed by atoms with Gasteiger partial charge in [0.25, 0.3) is 5.92 Å². The number of rotatable bonds is 4. The lowest BCUT2D eigenvalue weighted by molar-refractivity contribution is 0.0148. The number of methoxy groups -OCH3 is 1. The molecule has 0 radical (unpaired) electrons. The van der Waals surface area contributed by atoms with Gasteiger partial charge in [0.1, 0.15) is 5.75 Å². The van der Waals surface area contributed by atoms with E-state index in [0.717, 1.165) is 37.4 Å². The second-order valence-corrected chi connectivity index (χ2v) is 5.74. The molecular weight excluding hydrogens is 260 g/mol. The van der Waals surface area contributed by atoms with Crippen LogP contribution in [0.3, 0.4) is 0 Å². The fourth-order valence-corrected chi connectivity index (χ4v) is 2.93. The maximum absolute atomic E-state index is 13.7. The third kappa shape index (κ3) is 3.48. The van der Waals surface area contributed by atoms with E-state index in [9.17, 15) is 8.78 Å². The largest absolute Gasteiger partial charge is 0.496 e. The van der Waals surface area contributed by atoms with E-state index in [1.807, 2.05) is 13.0 Å². The standard InChI is InChI=1S/C16H23F2NO/c1-11-8-12(10-13-6-4-5-7-19-13)15(20-3)14(9-11)16(2,17)18/h8-9,13,19H,4-7,10H2,1-3H3. The normalized spacial score (nSPS) is 19.9. The number of alkyl halides is 2. The number of piperidine rings is 1. The Bertz CT molecular complexity index is 462. The van der Waals surface area contributed by atoms with Crippen molar-refractivity contribution >= 4 is 0 Å². The number of aryl methyl sites for hydroxylation is 1. The number of hydrogen-bond acceptors (Lipinski definition) is 2. The van der Waals surface area contributed by atoms with Crippen LogP contribution in [0.4, 0.5) is 8.78 Å². The molecule has 1 saturated heterocycles. The molecule has 1 unspecified atom stereocenters. The highest BCUT2D eigenvalue weighted by Gasteiger charge is 2.30. The van der Waals surface area contributed by atoms with Crippen LogP contribution in [-0.2, 0) is 12.3 Å². The van der Waals surface area contributed by atoms with Crippen LogP contribution in [0.25, 0.3) is 0 Å². The molecule has 0 aliphatic carbocycles. The Kier molecular flexibility index (Phi) is 4.63. The molecule has 1 aromatic carbocycles. The van der Waals surface area contributed by atoms with Crippen molar-refractivity contribution in [3.05, 3.63) is 28.8 Å². The van der Waals surface area contributed by atoms with Crippen LogP contribution >= 0.6 is 0 Å². The van der Waals surface area contributed by atoms with Crippen molar-refractivity contribution in [1.29, 1.82) is 0 Å². The summed E-state index contributed by atoms with van der Waals surface area (Å²) in [5.74, 6) is -2.54. The highest BCUT2D eigenvalue weighted by molar-refractivity contribution is 5.47. The lowest BCUT2D eigenvalue weighted by atomic mass is 9.93. The van der Waals surface area contributed by atoms with Gasteiger partial charge in [-0.25, -0.2) is 8.78 Å². The summed E-state index contributed by atoms with van der Waals surface area (Å²) in [5, 5.41) is 3.45. The van der Waals surface area contributed by atoms with Crippen LogP contribution in [0.2, 0.25) is 0 Å². The molecule has 20 heavy (non-hydrogen) atoms. The Morgan fingerprint density at radius 3 is 2.65 bits per heavy atom. The molecule has 1 heterocycles. The van der Waals surface area contributed by atoms with Crippen molar-refractivity contribution in [2.75, 3.05) is 13.7 Å². The third-order valence-corrected chi connectivity index (χ3v) is 3.87. The van der Waals surface area contributed by atoms with Crippen molar-refractivity contribution in [2.45, 2.75) is 51.5 Å². The van der Waals surface area contributed by atoms with Gasteiger partial charge in [-0.05, 0) is 44.4 Å². The Hall–Kier alpha value is -1.16. The average Bonchev–Trinajstić information content (AvgIpc) is 2.38. The molecule has 1 atom stereocenters. The van der Waals surface area contributed by atoms with E-state index >= 15 is 0 Å². The molecule has 0 saturated carbocycles. The van der Waals surface area contributed by atoms with Crippen molar-refractivity contribution in [3.8, 4) is 5.75 Å². The Labute approximate surface area is 119 Å². The van der Waals surface area contributed by atoms with Gasteiger partial charge >= 0.3 is 0 Å². The monoisotopic (exact) mass is 283 g/mol. The molecular formula is C16H23F2NO. The SMILES string of the molecule is COc1c(CC2CCCCN2)cc(C)cc1C(C)(F)F. The molecule has 0 amide bonds. The topological polar surface area (TPSA) is 21.3 Å². The zero-order chi connectivity index (χ0) is 14.8. The zero-order valence-electron chi connectivity index (χ0n) is 12.4. The first-order valence-electron chi connectivity index (χ1n) is 7.21. The Morgan fingerprint density at radius 2 is 2.10 bits per heavy atom. The highest BCUT2D eigenvalue weighted by atomic mass is 19.3. The van der Waals surface area contributed by atoms with Crippen LogP contribution in [0.5, 0.6) is 5.75 Å². The van der Waals surface area contributed by atoms with Crippen molar-refractivity contribution in [3.63, 3.8) is 0 Å². The fraction of sp³-hybridized carbons (Fsp3) is 0.625. The van der Waals surface area contributed by atoms with Crippen molar-refractivity contribution in [2.24, 2.45) is 0 Å². The molecule has 0 bridgehead atoms. The second-order valence-electron chi connectivity index (χ2n) is 5.74. The van der Waals surface area contributed by atoms with Gasteiger partial charge in [0.05, 0.1) is 12.7 Å². The third-order valence-electron chi connectivity index (χ3n) is 3.87. The number of ether oxygens (including phenoxy) is 1. The summed E-state index contributed by atoms with van der Waals surface area (Å²) in [4.78, 5) is 0. The van der Waals surface area contributed by atoms with Gasteiger partial charge in [-0.15, -0.1) is 0 Å². The van der Waals surface area contributed by atoms with Crippen LogP contribution in [-0.4, -0.2) is 19.7 Å². The van der Waals surface area contributed by atoms with E-state index in [0.29, 0.717) is 11.8 Å². The first-order chi connectivity index (χ1) is 9.41. The predicted octanol–water partition coefficient (Wildman–Crippen LogP) is 3.80. The molecule has 4 heteroatoms. The van der Waals surface area contributed by atoms with Gasteiger partial charge < -0.3 is 10.1 Å². The summed E-state index contributed by atoms with van der Waals surface area (Å²) in [6.07, 6.45) is 4.23. The van der Waals surface area contributed by atoms with Gasteiger partial charge in [0.2, 0.25) is 0 Å². The minimum atomic E-state index is -2.88. The molecule has 112 valence electrons. The summed E-state index contributed by atoms with van der Waals surface area (Å²) in [6, 6.07) is 3.85. The molecule has 0 spiro atoms. The number of nitrogens with one attached hydrogen (secondary N) is 1. The van der Waals surface area contributed by atoms with E-state index in [1.165, 1.54) is 26.0 Å². The van der Waals surface area contributed by atoms with Crippen molar-refractivity contribution in [1.82, 2.24) is 5.32 Å². The molecule has 2 nitrogen and oxygen atoms in total. The number of benzene rings is 1. The summed E-state index contributed by atoms with van der Waals surface area (Å²) >= 11 is 0. The minimum absolute atomic E-state index is 0.00851. The quantitative estimate of drug-likeness (QED) is 0.907. The number of hydrogen-bond donors (Lipinski definition) is 1. The maximum atomic E-state index is 13.7. The van der Waals surface area contributed by atoms with Gasteiger partial charge in [-0.2, -0.15) is 0 Å². The molecule has 1 aromatic rings. The van der Waals surface area contributed by atoms with Crippen LogP contribution in [0.15, 0.2) is 12.1 Å². The summed E-state index contributed by atoms with van der Waals surface area (Å²) < 4.78 is 32.8. The lowest BCUT2D eigenvalue weighted by Crippen LogP contribution is -2.35. The first kappa shape index (κ1) is 15.2. The average molecular weight is 283 g/mol. The van der Waals surface area contributed by atoms with Gasteiger partial charge in [0.15, 0.2) is 0 Å². The van der Waals surface area contributed by atoms with E-state index in [2.05, 4.69) is 5.32 Å². The second kappa shape index (κ2) is 6.08. The molecule has 2 rings (SSSR count). The highest BCUT2D eigenvalue weighted by Crippen LogP contribution is 2.38. The predicted molar refractivity (Wildman–Crippen MR) is 76.6 cm³/mol. The molecule has 1 fully saturated rings. The van der Waals surface area contributed by atoms with Crippen molar-refractivity contribution < 1.29 is 13.5 Å². The molecule has 0 aromatic heterocycles. The Morgan fingerprint density at radius 1 is 1.35 bits per heavy atom. The van der Waals surface area contributed by atoms with Crippen LogP contribution < -0.4 is 10.1 Å². The summed E-state index contributed by atoms with van der Waals surface area (Å²) in [7, 11) is 1.47. The fourth-order valence-electron chi connectivity index (χ4n) is 2.93. The summed E-state index contributed by atoms with van der Waals surface area (Å²) in [6.45, 7) is 3.79. The van der Waals surface area contributed by atoms with E-state index < -0.39 is 5.92 Å². The Balaban J connectivity index is 2.33. The lowest BCUT2D eigenvalue weighted by Gasteiger charge is -2.26. The molecule has 1 N–H and O–H groups in total. The first-order valence-corrected chi connectivity index (χ1v) is 7.21. The summed E-state index contributed by atoms with van der Waals surface area (Å²) in [5.41, 5.74) is 1.72. The maximum Gasteiger partial charge on any atom is 0.274 e. The molecule has 1 aliphatic heterocycles. The van der Waals surface area contributed by atoms with E-state index in [4.69, 9.17) is 4.74 Å². The van der Waals surface area contributed by atoms with Crippen LogP contribution in [0.1, 0.15) is 42.9 Å². The van der Waals surface area contributed by atoms with Gasteiger partial charge in [-0.3, -0.25) is 0 Å². The van der Waals surface area contributed by atoms with E-state index in [1.54, 1.807) is 0 Å². The number of halogens is 2. The molecule has 1 aliphatic rings. The van der Waals surface area contributed by atoms with Gasteiger partial charge in [0, 0.05) is 13.0 Å². The van der Waals surface area contributed by atoms with Gasteiger partial charge in [-0.1, -0.05) is 18.1 Å². The minimum Gasteiger partial charge on any atom is -0.496 e. The van der Waals surface area contributed by atoms with Crippen LogP contribution in [0, 0.1) is 6.92 Å². The zero-order valence-corrected chi connectivity index (χ0v) is 12.4.